The van der Waals surface area contributed by atoms with Gasteiger partial charge in [-0.05, 0) is 70.0 Å². The van der Waals surface area contributed by atoms with E-state index in [4.69, 9.17) is 4.99 Å². The quantitative estimate of drug-likeness (QED) is 0.201. The van der Waals surface area contributed by atoms with E-state index in [0.717, 1.165) is 23.5 Å². The molecule has 1 aromatic heterocycles. The van der Waals surface area contributed by atoms with Gasteiger partial charge >= 0.3 is 0 Å². The average molecular weight is 587 g/mol. The van der Waals surface area contributed by atoms with Gasteiger partial charge in [0.1, 0.15) is 5.84 Å². The highest BCUT2D eigenvalue weighted by Gasteiger charge is 2.35. The number of rotatable bonds is 4. The molecular weight excluding hydrogens is 553 g/mol. The fourth-order valence-electron chi connectivity index (χ4n) is 6.63. The van der Waals surface area contributed by atoms with Crippen LogP contribution in [0.5, 0.6) is 0 Å². The van der Waals surface area contributed by atoms with Gasteiger partial charge in [0.2, 0.25) is 0 Å². The molecule has 0 saturated heterocycles. The molecule has 6 aromatic rings. The van der Waals surface area contributed by atoms with Crippen molar-refractivity contribution in [1.29, 1.82) is 0 Å². The summed E-state index contributed by atoms with van der Waals surface area (Å²) in [5.41, 5.74) is 9.78. The smallest absolute Gasteiger partial charge is 0.141 e. The molecule has 5 aromatic carbocycles. The molecule has 2 aliphatic rings. The molecule has 44 heavy (non-hydrogen) atoms. The highest BCUT2D eigenvalue weighted by Crippen LogP contribution is 2.43. The molecule has 214 valence electrons. The second-order valence-corrected chi connectivity index (χ2v) is 13.8. The van der Waals surface area contributed by atoms with Crippen LogP contribution in [-0.4, -0.2) is 11.9 Å². The number of thiophene rings is 1. The van der Waals surface area contributed by atoms with Crippen LogP contribution in [0.3, 0.4) is 0 Å². The van der Waals surface area contributed by atoms with Crippen molar-refractivity contribution >= 4 is 43.0 Å². The summed E-state index contributed by atoms with van der Waals surface area (Å²) in [6, 6.07) is 42.5. The molecule has 0 fully saturated rings. The standard InChI is InChI=1S/C41H34N2S/c1-41(2,3)29-23-20-27(21-24-29)35-26-28(31-15-11-16-33-32-14-7-10-19-38(32)44-39(31)33)22-25-34(35)40-42-36-17-8-9-18-37(36)43(40)30-12-5-4-6-13-30/h4-17,19-26,37H,18H2,1-3H3. The molecule has 2 nitrogen and oxygen atoms in total. The van der Waals surface area contributed by atoms with Gasteiger partial charge in [-0.1, -0.05) is 124 Å². The third kappa shape index (κ3) is 4.51. The van der Waals surface area contributed by atoms with Crippen molar-refractivity contribution in [3.8, 4) is 22.3 Å². The summed E-state index contributed by atoms with van der Waals surface area (Å²) in [6.07, 6.45) is 7.51. The summed E-state index contributed by atoms with van der Waals surface area (Å²) < 4.78 is 2.66. The van der Waals surface area contributed by atoms with Crippen molar-refractivity contribution in [2.24, 2.45) is 4.99 Å². The fraction of sp³-hybridized carbons (Fsp3) is 0.146. The summed E-state index contributed by atoms with van der Waals surface area (Å²) >= 11 is 1.88. The van der Waals surface area contributed by atoms with E-state index in [1.807, 2.05) is 11.3 Å². The summed E-state index contributed by atoms with van der Waals surface area (Å²) in [5, 5.41) is 2.65. The number of allylic oxidation sites excluding steroid dienone is 2. The first kappa shape index (κ1) is 26.9. The van der Waals surface area contributed by atoms with E-state index in [0.29, 0.717) is 0 Å². The van der Waals surface area contributed by atoms with E-state index < -0.39 is 0 Å². The zero-order valence-electron chi connectivity index (χ0n) is 25.3. The molecule has 0 N–H and O–H groups in total. The van der Waals surface area contributed by atoms with Crippen LogP contribution in [0, 0.1) is 0 Å². The maximum atomic E-state index is 5.32. The number of anilines is 1. The van der Waals surface area contributed by atoms with Gasteiger partial charge in [0.25, 0.3) is 0 Å². The van der Waals surface area contributed by atoms with Crippen molar-refractivity contribution in [2.75, 3.05) is 4.90 Å². The predicted octanol–water partition coefficient (Wildman–Crippen LogP) is 11.2. The second kappa shape index (κ2) is 10.5. The molecule has 1 atom stereocenters. The van der Waals surface area contributed by atoms with Crippen LogP contribution >= 0.6 is 11.3 Å². The summed E-state index contributed by atoms with van der Waals surface area (Å²) in [4.78, 5) is 7.75. The van der Waals surface area contributed by atoms with Gasteiger partial charge in [-0.3, -0.25) is 0 Å². The van der Waals surface area contributed by atoms with Crippen LogP contribution in [-0.2, 0) is 5.41 Å². The minimum atomic E-state index is 0.0921. The van der Waals surface area contributed by atoms with Crippen molar-refractivity contribution in [3.63, 3.8) is 0 Å². The van der Waals surface area contributed by atoms with Crippen LogP contribution in [0.1, 0.15) is 38.3 Å². The van der Waals surface area contributed by atoms with E-state index in [-0.39, 0.29) is 11.5 Å². The monoisotopic (exact) mass is 586 g/mol. The van der Waals surface area contributed by atoms with E-state index in [9.17, 15) is 0 Å². The third-order valence-electron chi connectivity index (χ3n) is 8.95. The summed E-state index contributed by atoms with van der Waals surface area (Å²) in [7, 11) is 0. The van der Waals surface area contributed by atoms with Crippen LogP contribution in [0.15, 0.2) is 144 Å². The lowest BCUT2D eigenvalue weighted by atomic mass is 9.85. The maximum Gasteiger partial charge on any atom is 0.141 e. The number of fused-ring (bicyclic) bond motifs is 4. The number of hydrogen-bond acceptors (Lipinski definition) is 3. The molecule has 0 radical (unpaired) electrons. The van der Waals surface area contributed by atoms with Crippen molar-refractivity contribution in [3.05, 3.63) is 150 Å². The van der Waals surface area contributed by atoms with E-state index in [1.165, 1.54) is 53.7 Å². The Morgan fingerprint density at radius 3 is 2.27 bits per heavy atom. The number of amidine groups is 1. The minimum Gasteiger partial charge on any atom is -0.316 e. The second-order valence-electron chi connectivity index (χ2n) is 12.8. The number of nitrogens with zero attached hydrogens (tertiary/aromatic N) is 2. The first-order valence-electron chi connectivity index (χ1n) is 15.4. The van der Waals surface area contributed by atoms with Crippen molar-refractivity contribution in [2.45, 2.75) is 38.6 Å². The molecule has 1 aliphatic heterocycles. The Bertz CT molecular complexity index is 2120. The normalized spacial score (nSPS) is 16.3. The van der Waals surface area contributed by atoms with E-state index in [1.54, 1.807) is 0 Å². The van der Waals surface area contributed by atoms with Crippen LogP contribution < -0.4 is 4.90 Å². The Hall–Kier alpha value is -4.73. The number of aliphatic imine (C=N–C) groups is 1. The summed E-state index contributed by atoms with van der Waals surface area (Å²) in [6.45, 7) is 6.82. The summed E-state index contributed by atoms with van der Waals surface area (Å²) in [5.74, 6) is 1.01. The highest BCUT2D eigenvalue weighted by molar-refractivity contribution is 7.26. The molecule has 1 aliphatic carbocycles. The molecule has 0 spiro atoms. The van der Waals surface area contributed by atoms with Gasteiger partial charge in [0, 0.05) is 31.4 Å². The Morgan fingerprint density at radius 2 is 1.45 bits per heavy atom. The lowest BCUT2D eigenvalue weighted by Crippen LogP contribution is -2.37. The fourth-order valence-corrected chi connectivity index (χ4v) is 7.87. The number of hydrogen-bond donors (Lipinski definition) is 0. The lowest BCUT2D eigenvalue weighted by Gasteiger charge is -2.29. The SMILES string of the molecule is CC(C)(C)c1ccc(-c2cc(-c3cccc4c3sc3ccccc34)ccc2C2=NC3=CC=CCC3N2c2ccccc2)cc1. The maximum absolute atomic E-state index is 5.32. The molecule has 2 heterocycles. The molecule has 3 heteroatoms. The Labute approximate surface area is 263 Å². The van der Waals surface area contributed by atoms with E-state index in [2.05, 4.69) is 159 Å². The van der Waals surface area contributed by atoms with Crippen LogP contribution in [0.25, 0.3) is 42.4 Å². The zero-order chi connectivity index (χ0) is 29.8. The number of benzene rings is 5. The Balaban J connectivity index is 1.34. The third-order valence-corrected chi connectivity index (χ3v) is 10.2. The molecule has 0 amide bonds. The number of para-hydroxylation sites is 1. The lowest BCUT2D eigenvalue weighted by molar-refractivity contribution is 0.590. The van der Waals surface area contributed by atoms with Gasteiger partial charge in [0.15, 0.2) is 0 Å². The highest BCUT2D eigenvalue weighted by atomic mass is 32.1. The zero-order valence-corrected chi connectivity index (χ0v) is 26.1. The van der Waals surface area contributed by atoms with Crippen molar-refractivity contribution in [1.82, 2.24) is 0 Å². The van der Waals surface area contributed by atoms with Gasteiger partial charge in [-0.15, -0.1) is 11.3 Å². The van der Waals surface area contributed by atoms with Gasteiger partial charge in [0.05, 0.1) is 11.7 Å². The van der Waals surface area contributed by atoms with Gasteiger partial charge in [-0.2, -0.15) is 0 Å². The molecule has 8 rings (SSSR count). The molecule has 0 bridgehead atoms. The predicted molar refractivity (Wildman–Crippen MR) is 190 cm³/mol. The molecular formula is C41H34N2S. The van der Waals surface area contributed by atoms with Crippen LogP contribution in [0.4, 0.5) is 5.69 Å². The Kier molecular flexibility index (Phi) is 6.39. The molecule has 0 saturated carbocycles. The largest absolute Gasteiger partial charge is 0.316 e. The first-order valence-corrected chi connectivity index (χ1v) is 16.2. The van der Waals surface area contributed by atoms with Crippen molar-refractivity contribution < 1.29 is 0 Å². The van der Waals surface area contributed by atoms with Gasteiger partial charge < -0.3 is 4.90 Å². The van der Waals surface area contributed by atoms with E-state index >= 15 is 0 Å². The van der Waals surface area contributed by atoms with Crippen LogP contribution in [0.2, 0.25) is 0 Å². The minimum absolute atomic E-state index is 0.0921. The molecule has 1 unspecified atom stereocenters. The average Bonchev–Trinajstić information content (AvgIpc) is 3.63. The topological polar surface area (TPSA) is 15.6 Å². The first-order chi connectivity index (χ1) is 21.5. The Morgan fingerprint density at radius 1 is 0.705 bits per heavy atom. The van der Waals surface area contributed by atoms with Gasteiger partial charge in [-0.25, -0.2) is 4.99 Å².